The molecule has 2 amide bonds. The second kappa shape index (κ2) is 9.05. The van der Waals surface area contributed by atoms with E-state index in [4.69, 9.17) is 0 Å². The summed E-state index contributed by atoms with van der Waals surface area (Å²) in [5.41, 5.74) is -0.0647. The van der Waals surface area contributed by atoms with Crippen molar-refractivity contribution in [3.05, 3.63) is 29.8 Å². The fourth-order valence-electron chi connectivity index (χ4n) is 3.31. The van der Waals surface area contributed by atoms with Crippen molar-refractivity contribution in [1.82, 2.24) is 14.9 Å². The molecule has 28 heavy (non-hydrogen) atoms. The molecule has 1 aliphatic rings. The quantitative estimate of drug-likeness (QED) is 0.753. The van der Waals surface area contributed by atoms with Crippen molar-refractivity contribution in [1.29, 1.82) is 0 Å². The third-order valence-corrected chi connectivity index (χ3v) is 6.73. The largest absolute Gasteiger partial charge is 0.350 e. The SMILES string of the molecule is CN(C1CCCCC1)S(=O)(=O)c1ccc(C(=O)NCC(=O)NC(C)(C)C)cc1. The summed E-state index contributed by atoms with van der Waals surface area (Å²) in [5.74, 6) is -0.706. The Morgan fingerprint density at radius 1 is 1.07 bits per heavy atom. The van der Waals surface area contributed by atoms with Gasteiger partial charge >= 0.3 is 0 Å². The molecule has 0 aliphatic heterocycles. The second-order valence-electron chi connectivity index (χ2n) is 8.32. The van der Waals surface area contributed by atoms with E-state index in [0.29, 0.717) is 5.56 Å². The Morgan fingerprint density at radius 2 is 1.64 bits per heavy atom. The number of hydrogen-bond acceptors (Lipinski definition) is 4. The predicted octanol–water partition coefficient (Wildman–Crippen LogP) is 2.28. The molecule has 2 N–H and O–H groups in total. The van der Waals surface area contributed by atoms with Crippen LogP contribution in [0.4, 0.5) is 0 Å². The molecule has 1 fully saturated rings. The molecular formula is C20H31N3O4S. The molecule has 2 rings (SSSR count). The predicted molar refractivity (Wildman–Crippen MR) is 108 cm³/mol. The molecule has 1 aromatic rings. The first kappa shape index (κ1) is 22.4. The molecule has 0 unspecified atom stereocenters. The van der Waals surface area contributed by atoms with Crippen LogP contribution in [0.3, 0.4) is 0 Å². The maximum atomic E-state index is 12.8. The highest BCUT2D eigenvalue weighted by Crippen LogP contribution is 2.26. The molecule has 0 bridgehead atoms. The minimum Gasteiger partial charge on any atom is -0.350 e. The average molecular weight is 410 g/mol. The minimum atomic E-state index is -3.59. The van der Waals surface area contributed by atoms with Gasteiger partial charge < -0.3 is 10.6 Å². The zero-order valence-electron chi connectivity index (χ0n) is 17.1. The van der Waals surface area contributed by atoms with Gasteiger partial charge in [0, 0.05) is 24.2 Å². The lowest BCUT2D eigenvalue weighted by atomic mass is 9.96. The van der Waals surface area contributed by atoms with E-state index in [2.05, 4.69) is 10.6 Å². The van der Waals surface area contributed by atoms with E-state index < -0.39 is 15.9 Å². The fraction of sp³-hybridized carbons (Fsp3) is 0.600. The van der Waals surface area contributed by atoms with Crippen LogP contribution in [0.25, 0.3) is 0 Å². The van der Waals surface area contributed by atoms with Crippen LogP contribution in [0.5, 0.6) is 0 Å². The highest BCUT2D eigenvalue weighted by atomic mass is 32.2. The number of benzene rings is 1. The monoisotopic (exact) mass is 409 g/mol. The van der Waals surface area contributed by atoms with Gasteiger partial charge in [-0.1, -0.05) is 19.3 Å². The smallest absolute Gasteiger partial charge is 0.251 e. The number of rotatable bonds is 6. The summed E-state index contributed by atoms with van der Waals surface area (Å²) in [6, 6.07) is 5.86. The van der Waals surface area contributed by atoms with Crippen LogP contribution < -0.4 is 10.6 Å². The van der Waals surface area contributed by atoms with Crippen molar-refractivity contribution in [2.45, 2.75) is 69.4 Å². The van der Waals surface area contributed by atoms with E-state index in [1.54, 1.807) is 7.05 Å². The number of nitrogens with zero attached hydrogens (tertiary/aromatic N) is 1. The van der Waals surface area contributed by atoms with Gasteiger partial charge in [-0.3, -0.25) is 9.59 Å². The summed E-state index contributed by atoms with van der Waals surface area (Å²) in [7, 11) is -1.96. The molecule has 0 spiro atoms. The lowest BCUT2D eigenvalue weighted by Crippen LogP contribution is -2.45. The van der Waals surface area contributed by atoms with Crippen LogP contribution in [0.1, 0.15) is 63.2 Å². The Morgan fingerprint density at radius 3 is 2.18 bits per heavy atom. The number of carbonyl (C=O) groups is 2. The first-order valence-corrected chi connectivity index (χ1v) is 11.1. The van der Waals surface area contributed by atoms with Crippen molar-refractivity contribution >= 4 is 21.8 Å². The Labute approximate surface area is 167 Å². The second-order valence-corrected chi connectivity index (χ2v) is 10.3. The number of hydrogen-bond donors (Lipinski definition) is 2. The zero-order chi connectivity index (χ0) is 20.9. The normalized spacial score (nSPS) is 16.0. The first-order valence-electron chi connectivity index (χ1n) is 9.68. The van der Waals surface area contributed by atoms with Gasteiger partial charge in [0.05, 0.1) is 11.4 Å². The van der Waals surface area contributed by atoms with Crippen LogP contribution in [0.15, 0.2) is 29.2 Å². The van der Waals surface area contributed by atoms with E-state index in [0.717, 1.165) is 32.1 Å². The molecule has 0 radical (unpaired) electrons. The van der Waals surface area contributed by atoms with Crippen molar-refractivity contribution in [2.75, 3.05) is 13.6 Å². The molecule has 8 heteroatoms. The fourth-order valence-corrected chi connectivity index (χ4v) is 4.73. The molecule has 0 saturated heterocycles. The van der Waals surface area contributed by atoms with Gasteiger partial charge in [-0.15, -0.1) is 0 Å². The summed E-state index contributed by atoms with van der Waals surface area (Å²) in [5, 5.41) is 5.30. The van der Waals surface area contributed by atoms with Gasteiger partial charge in [-0.2, -0.15) is 4.31 Å². The molecule has 1 aliphatic carbocycles. The molecular weight excluding hydrogens is 378 g/mol. The Balaban J connectivity index is 1.99. The number of sulfonamides is 1. The number of carbonyl (C=O) groups excluding carboxylic acids is 2. The van der Waals surface area contributed by atoms with Gasteiger partial charge in [-0.25, -0.2) is 8.42 Å². The summed E-state index contributed by atoms with van der Waals surface area (Å²) >= 11 is 0. The highest BCUT2D eigenvalue weighted by Gasteiger charge is 2.29. The standard InChI is InChI=1S/C20H31N3O4S/c1-20(2,3)22-18(24)14-21-19(25)15-10-12-17(13-11-15)28(26,27)23(4)16-8-6-5-7-9-16/h10-13,16H,5-9,14H2,1-4H3,(H,21,25)(H,22,24). The van der Waals surface area contributed by atoms with E-state index in [1.165, 1.54) is 28.6 Å². The zero-order valence-corrected chi connectivity index (χ0v) is 17.9. The Kier molecular flexibility index (Phi) is 7.22. The molecule has 0 heterocycles. The van der Waals surface area contributed by atoms with Crippen molar-refractivity contribution in [3.8, 4) is 0 Å². The molecule has 0 atom stereocenters. The Bertz CT molecular complexity index is 792. The van der Waals surface area contributed by atoms with Crippen molar-refractivity contribution < 1.29 is 18.0 Å². The van der Waals surface area contributed by atoms with Crippen LogP contribution in [0, 0.1) is 0 Å². The highest BCUT2D eigenvalue weighted by molar-refractivity contribution is 7.89. The van der Waals surface area contributed by atoms with E-state index in [1.807, 2.05) is 20.8 Å². The van der Waals surface area contributed by atoms with E-state index in [-0.39, 0.29) is 28.9 Å². The lowest BCUT2D eigenvalue weighted by molar-refractivity contribution is -0.121. The molecule has 1 aromatic carbocycles. The molecule has 7 nitrogen and oxygen atoms in total. The molecule has 156 valence electrons. The first-order chi connectivity index (χ1) is 13.0. The maximum absolute atomic E-state index is 12.8. The third-order valence-electron chi connectivity index (χ3n) is 4.81. The van der Waals surface area contributed by atoms with Gasteiger partial charge in [0.25, 0.3) is 5.91 Å². The molecule has 0 aromatic heterocycles. The van der Waals surface area contributed by atoms with E-state index in [9.17, 15) is 18.0 Å². The third kappa shape index (κ3) is 6.04. The summed E-state index contributed by atoms with van der Waals surface area (Å²) < 4.78 is 27.1. The van der Waals surface area contributed by atoms with Crippen LogP contribution in [0.2, 0.25) is 0 Å². The summed E-state index contributed by atoms with van der Waals surface area (Å²) in [4.78, 5) is 24.2. The van der Waals surface area contributed by atoms with Crippen molar-refractivity contribution in [3.63, 3.8) is 0 Å². The van der Waals surface area contributed by atoms with Gasteiger partial charge in [0.1, 0.15) is 0 Å². The van der Waals surface area contributed by atoms with Crippen LogP contribution in [-0.4, -0.2) is 49.7 Å². The number of nitrogens with one attached hydrogen (secondary N) is 2. The minimum absolute atomic E-state index is 0.0306. The van der Waals surface area contributed by atoms with Gasteiger partial charge in [0.15, 0.2) is 0 Å². The van der Waals surface area contributed by atoms with Gasteiger partial charge in [-0.05, 0) is 57.9 Å². The summed E-state index contributed by atoms with van der Waals surface area (Å²) in [6.07, 6.45) is 5.01. The average Bonchev–Trinajstić information content (AvgIpc) is 2.65. The van der Waals surface area contributed by atoms with Gasteiger partial charge in [0.2, 0.25) is 15.9 Å². The molecule has 1 saturated carbocycles. The topological polar surface area (TPSA) is 95.6 Å². The Hall–Kier alpha value is -1.93. The lowest BCUT2D eigenvalue weighted by Gasteiger charge is -2.30. The van der Waals surface area contributed by atoms with E-state index >= 15 is 0 Å². The number of amides is 2. The maximum Gasteiger partial charge on any atom is 0.251 e. The van der Waals surface area contributed by atoms with Crippen molar-refractivity contribution in [2.24, 2.45) is 0 Å². The summed E-state index contributed by atoms with van der Waals surface area (Å²) in [6.45, 7) is 5.43. The van der Waals surface area contributed by atoms with Crippen LogP contribution >= 0.6 is 0 Å². The van der Waals surface area contributed by atoms with Crippen LogP contribution in [-0.2, 0) is 14.8 Å².